The van der Waals surface area contributed by atoms with Crippen LogP contribution < -0.4 is 0 Å². The molecule has 2 rings (SSSR count). The van der Waals surface area contributed by atoms with Crippen molar-refractivity contribution in [1.29, 1.82) is 0 Å². The van der Waals surface area contributed by atoms with Gasteiger partial charge in [0.15, 0.2) is 0 Å². The molecule has 114 valence electrons. The Labute approximate surface area is 129 Å². The Kier molecular flexibility index (Phi) is 5.44. The zero-order valence-electron chi connectivity index (χ0n) is 12.4. The molecular formula is C18H18O4. The number of aliphatic hydroxyl groups is 1. The van der Waals surface area contributed by atoms with Gasteiger partial charge in [-0.25, -0.2) is 0 Å². The van der Waals surface area contributed by atoms with Crippen LogP contribution in [0, 0.1) is 6.92 Å². The number of carbonyl (C=O) groups excluding carboxylic acids is 2. The molecule has 0 aliphatic carbocycles. The van der Waals surface area contributed by atoms with E-state index in [1.54, 1.807) is 24.3 Å². The second-order valence-corrected chi connectivity index (χ2v) is 5.17. The Morgan fingerprint density at radius 3 is 2.05 bits per heavy atom. The first kappa shape index (κ1) is 15.9. The predicted molar refractivity (Wildman–Crippen MR) is 82.1 cm³/mol. The van der Waals surface area contributed by atoms with E-state index >= 15 is 0 Å². The fourth-order valence-corrected chi connectivity index (χ4v) is 2.19. The molecule has 0 saturated heterocycles. The molecule has 0 unspecified atom stereocenters. The topological polar surface area (TPSA) is 63.6 Å². The average Bonchev–Trinajstić information content (AvgIpc) is 2.47. The normalized spacial score (nSPS) is 10.3. The number of carbonyl (C=O) groups is 2. The number of esters is 2. The van der Waals surface area contributed by atoms with Gasteiger partial charge in [-0.1, -0.05) is 54.1 Å². The molecule has 4 heteroatoms. The van der Waals surface area contributed by atoms with Gasteiger partial charge < -0.3 is 9.84 Å². The van der Waals surface area contributed by atoms with Crippen LogP contribution in [0.5, 0.6) is 0 Å². The molecule has 0 fully saturated rings. The van der Waals surface area contributed by atoms with E-state index in [2.05, 4.69) is 0 Å². The van der Waals surface area contributed by atoms with Crippen LogP contribution in [0.3, 0.4) is 0 Å². The van der Waals surface area contributed by atoms with Gasteiger partial charge >= 0.3 is 11.9 Å². The highest BCUT2D eigenvalue weighted by atomic mass is 16.6. The fraction of sp³-hybridized carbons (Fsp3) is 0.222. The minimum Gasteiger partial charge on any atom is -0.393 e. The van der Waals surface area contributed by atoms with E-state index < -0.39 is 11.9 Å². The molecule has 0 amide bonds. The molecule has 0 atom stereocenters. The van der Waals surface area contributed by atoms with Gasteiger partial charge in [-0.3, -0.25) is 9.59 Å². The Hall–Kier alpha value is -2.46. The van der Waals surface area contributed by atoms with Crippen LogP contribution in [0.15, 0.2) is 48.5 Å². The molecule has 0 bridgehead atoms. The summed E-state index contributed by atoms with van der Waals surface area (Å²) >= 11 is 0. The van der Waals surface area contributed by atoms with Crippen LogP contribution in [-0.4, -0.2) is 17.0 Å². The lowest BCUT2D eigenvalue weighted by Gasteiger charge is -2.05. The van der Waals surface area contributed by atoms with Gasteiger partial charge in [-0.05, 0) is 23.6 Å². The van der Waals surface area contributed by atoms with Crippen LogP contribution in [-0.2, 0) is 33.8 Å². The van der Waals surface area contributed by atoms with E-state index in [1.165, 1.54) is 0 Å². The summed E-state index contributed by atoms with van der Waals surface area (Å²) in [5, 5.41) is 9.06. The highest BCUT2D eigenvalue weighted by Gasteiger charge is 2.12. The zero-order chi connectivity index (χ0) is 15.9. The molecule has 0 aromatic heterocycles. The first-order chi connectivity index (χ1) is 10.6. The van der Waals surface area contributed by atoms with Crippen molar-refractivity contribution >= 4 is 11.9 Å². The summed E-state index contributed by atoms with van der Waals surface area (Å²) in [5.74, 6) is -1.15. The molecule has 0 spiro atoms. The Balaban J connectivity index is 1.89. The Morgan fingerprint density at radius 2 is 1.45 bits per heavy atom. The van der Waals surface area contributed by atoms with Crippen molar-refractivity contribution in [1.82, 2.24) is 0 Å². The average molecular weight is 298 g/mol. The number of hydrogen-bond donors (Lipinski definition) is 1. The summed E-state index contributed by atoms with van der Waals surface area (Å²) in [7, 11) is 0. The monoisotopic (exact) mass is 298 g/mol. The van der Waals surface area contributed by atoms with Crippen molar-refractivity contribution in [3.8, 4) is 0 Å². The van der Waals surface area contributed by atoms with Crippen molar-refractivity contribution in [3.05, 3.63) is 70.8 Å². The quantitative estimate of drug-likeness (QED) is 0.680. The Morgan fingerprint density at radius 1 is 0.909 bits per heavy atom. The lowest BCUT2D eigenvalue weighted by atomic mass is 10.1. The largest absolute Gasteiger partial charge is 0.393 e. The van der Waals surface area contributed by atoms with Crippen molar-refractivity contribution in [2.45, 2.75) is 26.4 Å². The van der Waals surface area contributed by atoms with Crippen molar-refractivity contribution in [3.63, 3.8) is 0 Å². The smallest absolute Gasteiger partial charge is 0.317 e. The number of ether oxygens (including phenoxy) is 1. The molecule has 2 aromatic carbocycles. The van der Waals surface area contributed by atoms with Crippen LogP contribution >= 0.6 is 0 Å². The number of benzene rings is 2. The summed E-state index contributed by atoms with van der Waals surface area (Å²) in [4.78, 5) is 23.5. The van der Waals surface area contributed by atoms with Crippen molar-refractivity contribution < 1.29 is 19.4 Å². The summed E-state index contributed by atoms with van der Waals surface area (Å²) in [6, 6.07) is 14.5. The SMILES string of the molecule is Cc1cccc(CC(=O)OC(=O)Cc2cccc(CO)c2)c1. The summed E-state index contributed by atoms with van der Waals surface area (Å²) in [6.45, 7) is 1.85. The summed E-state index contributed by atoms with van der Waals surface area (Å²) in [5.41, 5.74) is 3.30. The third-order valence-corrected chi connectivity index (χ3v) is 3.18. The van der Waals surface area contributed by atoms with E-state index in [0.717, 1.165) is 16.7 Å². The third-order valence-electron chi connectivity index (χ3n) is 3.18. The maximum absolute atomic E-state index is 11.8. The van der Waals surface area contributed by atoms with Crippen LogP contribution in [0.25, 0.3) is 0 Å². The fourth-order valence-electron chi connectivity index (χ4n) is 2.19. The highest BCUT2D eigenvalue weighted by Crippen LogP contribution is 2.08. The van der Waals surface area contributed by atoms with Crippen LogP contribution in [0.2, 0.25) is 0 Å². The molecule has 0 heterocycles. The first-order valence-electron chi connectivity index (χ1n) is 7.04. The standard InChI is InChI=1S/C18H18O4/c1-13-4-2-5-14(8-13)10-17(20)22-18(21)11-15-6-3-7-16(9-15)12-19/h2-9,19H,10-12H2,1H3. The maximum atomic E-state index is 11.8. The molecular weight excluding hydrogens is 280 g/mol. The molecule has 0 aliphatic heterocycles. The maximum Gasteiger partial charge on any atom is 0.317 e. The Bertz CT molecular complexity index is 676. The van der Waals surface area contributed by atoms with Gasteiger partial charge in [0.25, 0.3) is 0 Å². The molecule has 0 saturated carbocycles. The van der Waals surface area contributed by atoms with Gasteiger partial charge in [0.1, 0.15) is 0 Å². The van der Waals surface area contributed by atoms with Gasteiger partial charge in [0.05, 0.1) is 19.4 Å². The number of aryl methyl sites for hydroxylation is 1. The van der Waals surface area contributed by atoms with E-state index in [1.807, 2.05) is 31.2 Å². The lowest BCUT2D eigenvalue weighted by molar-refractivity contribution is -0.158. The number of hydrogen-bond acceptors (Lipinski definition) is 4. The highest BCUT2D eigenvalue weighted by molar-refractivity contribution is 5.87. The summed E-state index contributed by atoms with van der Waals surface area (Å²) < 4.78 is 4.83. The zero-order valence-corrected chi connectivity index (χ0v) is 12.4. The van der Waals surface area contributed by atoms with E-state index in [0.29, 0.717) is 5.56 Å². The second-order valence-electron chi connectivity index (χ2n) is 5.17. The van der Waals surface area contributed by atoms with E-state index in [-0.39, 0.29) is 19.4 Å². The number of rotatable bonds is 5. The lowest BCUT2D eigenvalue weighted by Crippen LogP contribution is -2.16. The van der Waals surface area contributed by atoms with Gasteiger partial charge in [-0.2, -0.15) is 0 Å². The van der Waals surface area contributed by atoms with Crippen LogP contribution in [0.4, 0.5) is 0 Å². The molecule has 2 aromatic rings. The third kappa shape index (κ3) is 4.82. The van der Waals surface area contributed by atoms with Gasteiger partial charge in [-0.15, -0.1) is 0 Å². The van der Waals surface area contributed by atoms with Gasteiger partial charge in [0.2, 0.25) is 0 Å². The predicted octanol–water partition coefficient (Wildman–Crippen LogP) is 2.34. The van der Waals surface area contributed by atoms with Crippen LogP contribution in [0.1, 0.15) is 22.3 Å². The molecule has 0 radical (unpaired) electrons. The minimum absolute atomic E-state index is 0.00734. The van der Waals surface area contributed by atoms with Crippen molar-refractivity contribution in [2.75, 3.05) is 0 Å². The molecule has 4 nitrogen and oxygen atoms in total. The molecule has 1 N–H and O–H groups in total. The summed E-state index contributed by atoms with van der Waals surface area (Å²) in [6.07, 6.45) is 0.0809. The van der Waals surface area contributed by atoms with E-state index in [4.69, 9.17) is 9.84 Å². The molecule has 22 heavy (non-hydrogen) atoms. The van der Waals surface area contributed by atoms with E-state index in [9.17, 15) is 9.59 Å². The molecule has 0 aliphatic rings. The second kappa shape index (κ2) is 7.52. The van der Waals surface area contributed by atoms with Gasteiger partial charge in [0, 0.05) is 0 Å². The van der Waals surface area contributed by atoms with Crippen molar-refractivity contribution in [2.24, 2.45) is 0 Å². The number of aliphatic hydroxyl groups excluding tert-OH is 1. The first-order valence-corrected chi connectivity index (χ1v) is 7.04. The minimum atomic E-state index is -0.590.